The summed E-state index contributed by atoms with van der Waals surface area (Å²) in [4.78, 5) is 0. The Balaban J connectivity index is -0.000000605. The van der Waals surface area contributed by atoms with Gasteiger partial charge < -0.3 is 10.6 Å². The van der Waals surface area contributed by atoms with Crippen LogP contribution in [-0.2, 0) is 0 Å². The Morgan fingerprint density at radius 2 is 0.857 bits per heavy atom. The summed E-state index contributed by atoms with van der Waals surface area (Å²) in [7, 11) is 0. The molecule has 0 N–H and O–H groups in total. The SMILES string of the molecule is CC(C)(C)[N-]/C=C\[N-]C(C)(C)C.[Na+].[Na+]. The molecule has 0 spiro atoms. The van der Waals surface area contributed by atoms with Gasteiger partial charge in [-0.3, -0.25) is 0 Å². The standard InChI is InChI=1S/C10H20N2.2Na/c1-9(2,3)11-7-8-12-10(4,5)6;;/h7-8H,1-6H3;;/q-2;2*+1/b8-7-;;. The molecule has 0 aliphatic rings. The minimum absolute atomic E-state index is 0. The third kappa shape index (κ3) is 19.0. The zero-order valence-corrected chi connectivity index (χ0v) is 15.0. The first-order valence-electron chi connectivity index (χ1n) is 4.30. The van der Waals surface area contributed by atoms with Gasteiger partial charge in [0.15, 0.2) is 0 Å². The maximum Gasteiger partial charge on any atom is 1.00 e. The fraction of sp³-hybridized carbons (Fsp3) is 0.800. The van der Waals surface area contributed by atoms with E-state index in [9.17, 15) is 0 Å². The third-order valence-corrected chi connectivity index (χ3v) is 0.990. The summed E-state index contributed by atoms with van der Waals surface area (Å²) in [5, 5.41) is 8.57. The third-order valence-electron chi connectivity index (χ3n) is 0.990. The van der Waals surface area contributed by atoms with Crippen LogP contribution in [0.2, 0.25) is 0 Å². The van der Waals surface area contributed by atoms with Gasteiger partial charge in [0, 0.05) is 0 Å². The van der Waals surface area contributed by atoms with Gasteiger partial charge in [-0.05, 0) is 0 Å². The molecule has 4 heteroatoms. The Bertz CT molecular complexity index is 136. The average molecular weight is 214 g/mol. The Morgan fingerprint density at radius 3 is 1.00 bits per heavy atom. The molecule has 0 rings (SSSR count). The molecule has 0 radical (unpaired) electrons. The molecule has 0 aromatic carbocycles. The number of hydrogen-bond donors (Lipinski definition) is 0. The minimum atomic E-state index is 0. The zero-order chi connectivity index (χ0) is 9.83. The molecule has 0 aliphatic carbocycles. The molecule has 72 valence electrons. The summed E-state index contributed by atoms with van der Waals surface area (Å²) >= 11 is 0. The normalized spacial score (nSPS) is 11.6. The van der Waals surface area contributed by atoms with Crippen molar-refractivity contribution in [2.45, 2.75) is 52.6 Å². The van der Waals surface area contributed by atoms with Gasteiger partial charge in [0.1, 0.15) is 0 Å². The van der Waals surface area contributed by atoms with Gasteiger partial charge in [-0.25, -0.2) is 12.4 Å². The van der Waals surface area contributed by atoms with Crippen LogP contribution in [0.1, 0.15) is 41.5 Å². The molecule has 0 bridgehead atoms. The fourth-order valence-corrected chi connectivity index (χ4v) is 0.514. The van der Waals surface area contributed by atoms with Crippen LogP contribution < -0.4 is 59.1 Å². The molecule has 2 nitrogen and oxygen atoms in total. The Labute approximate surface area is 133 Å². The second-order valence-corrected chi connectivity index (χ2v) is 4.90. The van der Waals surface area contributed by atoms with E-state index in [1.54, 1.807) is 12.4 Å². The van der Waals surface area contributed by atoms with Gasteiger partial charge in [0.25, 0.3) is 0 Å². The van der Waals surface area contributed by atoms with Crippen LogP contribution in [0.3, 0.4) is 0 Å². The number of rotatable bonds is 2. The largest absolute Gasteiger partial charge is 1.00 e. The monoisotopic (exact) mass is 214 g/mol. The summed E-state index contributed by atoms with van der Waals surface area (Å²) in [6.07, 6.45) is 3.54. The van der Waals surface area contributed by atoms with Gasteiger partial charge in [-0.1, -0.05) is 41.5 Å². The molecule has 0 aromatic rings. The van der Waals surface area contributed by atoms with E-state index >= 15 is 0 Å². The molecule has 0 fully saturated rings. The summed E-state index contributed by atoms with van der Waals surface area (Å²) in [6, 6.07) is 0. The summed E-state index contributed by atoms with van der Waals surface area (Å²) < 4.78 is 0. The molecule has 0 saturated heterocycles. The van der Waals surface area contributed by atoms with Crippen molar-refractivity contribution < 1.29 is 59.1 Å². The van der Waals surface area contributed by atoms with E-state index in [-0.39, 0.29) is 70.2 Å². The van der Waals surface area contributed by atoms with Gasteiger partial charge >= 0.3 is 59.1 Å². The summed E-state index contributed by atoms with van der Waals surface area (Å²) in [6.45, 7) is 12.4. The van der Waals surface area contributed by atoms with Crippen LogP contribution >= 0.6 is 0 Å². The van der Waals surface area contributed by atoms with Crippen molar-refractivity contribution in [1.82, 2.24) is 0 Å². The van der Waals surface area contributed by atoms with Crippen molar-refractivity contribution in [3.8, 4) is 0 Å². The van der Waals surface area contributed by atoms with Crippen LogP contribution in [0.5, 0.6) is 0 Å². The van der Waals surface area contributed by atoms with E-state index in [2.05, 4.69) is 52.2 Å². The number of nitrogens with zero attached hydrogens (tertiary/aromatic N) is 2. The molecule has 0 unspecified atom stereocenters. The van der Waals surface area contributed by atoms with E-state index in [1.165, 1.54) is 0 Å². The minimum Gasteiger partial charge on any atom is -0.687 e. The first kappa shape index (κ1) is 20.7. The Morgan fingerprint density at radius 1 is 0.643 bits per heavy atom. The second-order valence-electron chi connectivity index (χ2n) is 4.90. The van der Waals surface area contributed by atoms with E-state index in [4.69, 9.17) is 0 Å². The molecule has 0 heterocycles. The van der Waals surface area contributed by atoms with Crippen molar-refractivity contribution in [2.75, 3.05) is 0 Å². The van der Waals surface area contributed by atoms with Gasteiger partial charge in [0.05, 0.1) is 0 Å². The summed E-state index contributed by atoms with van der Waals surface area (Å²) in [5.41, 5.74) is 0.00775. The van der Waals surface area contributed by atoms with Crippen molar-refractivity contribution >= 4 is 0 Å². The fourth-order valence-electron chi connectivity index (χ4n) is 0.514. The van der Waals surface area contributed by atoms with Crippen LogP contribution in [0.25, 0.3) is 10.6 Å². The maximum atomic E-state index is 4.29. The van der Waals surface area contributed by atoms with Gasteiger partial charge in [-0.15, -0.1) is 11.1 Å². The molecule has 14 heavy (non-hydrogen) atoms. The zero-order valence-electron chi connectivity index (χ0n) is 11.0. The quantitative estimate of drug-likeness (QED) is 0.467. The predicted octanol–water partition coefficient (Wildman–Crippen LogP) is -2.19. The van der Waals surface area contributed by atoms with Crippen molar-refractivity contribution in [1.29, 1.82) is 0 Å². The van der Waals surface area contributed by atoms with Gasteiger partial charge in [-0.2, -0.15) is 0 Å². The van der Waals surface area contributed by atoms with Crippen LogP contribution in [0.15, 0.2) is 12.4 Å². The summed E-state index contributed by atoms with van der Waals surface area (Å²) in [5.74, 6) is 0. The second kappa shape index (κ2) is 8.49. The Hall–Kier alpha value is 1.34. The smallest absolute Gasteiger partial charge is 0.687 e. The van der Waals surface area contributed by atoms with E-state index in [1.807, 2.05) is 0 Å². The Kier molecular flexibility index (Phi) is 12.6. The van der Waals surface area contributed by atoms with E-state index < -0.39 is 0 Å². The molecular weight excluding hydrogens is 194 g/mol. The van der Waals surface area contributed by atoms with Gasteiger partial charge in [0.2, 0.25) is 0 Å². The van der Waals surface area contributed by atoms with E-state index in [0.29, 0.717) is 0 Å². The van der Waals surface area contributed by atoms with Crippen molar-refractivity contribution in [3.63, 3.8) is 0 Å². The molecule has 0 atom stereocenters. The topological polar surface area (TPSA) is 28.2 Å². The number of hydrogen-bond acceptors (Lipinski definition) is 0. The molecule has 0 aromatic heterocycles. The van der Waals surface area contributed by atoms with Crippen molar-refractivity contribution in [2.24, 2.45) is 0 Å². The van der Waals surface area contributed by atoms with E-state index in [0.717, 1.165) is 0 Å². The first-order valence-corrected chi connectivity index (χ1v) is 4.30. The van der Waals surface area contributed by atoms with Crippen LogP contribution in [-0.4, -0.2) is 11.1 Å². The molecule has 0 aliphatic heterocycles. The van der Waals surface area contributed by atoms with Crippen LogP contribution in [0.4, 0.5) is 0 Å². The molecule has 0 amide bonds. The first-order chi connectivity index (χ1) is 5.21. The average Bonchev–Trinajstić information content (AvgIpc) is 1.76. The predicted molar refractivity (Wildman–Crippen MR) is 55.4 cm³/mol. The molecule has 0 saturated carbocycles. The maximum absolute atomic E-state index is 4.29. The van der Waals surface area contributed by atoms with Crippen LogP contribution in [0, 0.1) is 0 Å². The van der Waals surface area contributed by atoms with Crippen molar-refractivity contribution in [3.05, 3.63) is 23.0 Å². The molecular formula is C10H20N2Na2.